The van der Waals surface area contributed by atoms with Crippen LogP contribution >= 0.6 is 8.03 Å². The lowest BCUT2D eigenvalue weighted by Crippen LogP contribution is -1.70. The molecule has 0 spiro atoms. The monoisotopic (exact) mass is 182 g/mol. The molecule has 2 nitrogen and oxygen atoms in total. The molecule has 1 N–H and O–H groups in total. The predicted octanol–water partition coefficient (Wildman–Crippen LogP) is 2.17. The molecule has 1 rings (SSSR count). The maximum Gasteiger partial charge on any atom is 0.192 e. The van der Waals surface area contributed by atoms with Gasteiger partial charge in [0.25, 0.3) is 0 Å². The molecule has 0 aromatic heterocycles. The molecule has 0 aliphatic carbocycles. The minimum atomic E-state index is -2.34. The molecule has 64 valence electrons. The summed E-state index contributed by atoms with van der Waals surface area (Å²) in [6.07, 6.45) is 3.83. The lowest BCUT2D eigenvalue weighted by Gasteiger charge is -1.89. The Balaban J connectivity index is 2.52. The molecule has 12 heavy (non-hydrogen) atoms. The van der Waals surface area contributed by atoms with E-state index in [2.05, 4.69) is 0 Å². The van der Waals surface area contributed by atoms with E-state index >= 15 is 0 Å². The van der Waals surface area contributed by atoms with E-state index in [-0.39, 0.29) is 6.16 Å². The second kappa shape index (κ2) is 4.91. The van der Waals surface area contributed by atoms with Gasteiger partial charge in [-0.15, -0.1) is 0 Å². The van der Waals surface area contributed by atoms with E-state index in [9.17, 15) is 4.57 Å². The third kappa shape index (κ3) is 3.51. The summed E-state index contributed by atoms with van der Waals surface area (Å²) in [7, 11) is -2.34. The molecule has 1 aromatic carbocycles. The van der Waals surface area contributed by atoms with Crippen LogP contribution < -0.4 is 0 Å². The first kappa shape index (κ1) is 9.24. The third-order valence-electron chi connectivity index (χ3n) is 1.40. The van der Waals surface area contributed by atoms with Crippen LogP contribution in [0.15, 0.2) is 36.4 Å². The van der Waals surface area contributed by atoms with Gasteiger partial charge in [0, 0.05) is 6.16 Å². The van der Waals surface area contributed by atoms with Crippen molar-refractivity contribution in [3.8, 4) is 0 Å². The Kier molecular flexibility index (Phi) is 3.78. The zero-order chi connectivity index (χ0) is 8.81. The Labute approximate surface area is 72.4 Å². The lowest BCUT2D eigenvalue weighted by molar-refractivity contribution is 0.506. The lowest BCUT2D eigenvalue weighted by atomic mass is 10.2. The molecule has 0 fully saturated rings. The summed E-state index contributed by atoms with van der Waals surface area (Å²) in [5, 5.41) is 0. The fraction of sp³-hybridized carbons (Fsp3) is 0.111. The number of rotatable bonds is 3. The average molecular weight is 182 g/mol. The van der Waals surface area contributed by atoms with Gasteiger partial charge in [-0.1, -0.05) is 42.5 Å². The van der Waals surface area contributed by atoms with Gasteiger partial charge in [0.2, 0.25) is 0 Å². The average Bonchev–Trinajstić information content (AvgIpc) is 2.05. The van der Waals surface area contributed by atoms with Gasteiger partial charge in [0.15, 0.2) is 8.03 Å². The molecule has 0 aliphatic rings. The normalized spacial score (nSPS) is 13.4. The van der Waals surface area contributed by atoms with Gasteiger partial charge in [-0.2, -0.15) is 0 Å². The predicted molar refractivity (Wildman–Crippen MR) is 51.6 cm³/mol. The van der Waals surface area contributed by atoms with Crippen molar-refractivity contribution in [1.29, 1.82) is 0 Å². The van der Waals surface area contributed by atoms with Crippen LogP contribution in [0, 0.1) is 0 Å². The number of hydrogen-bond donors (Lipinski definition) is 1. The second-order valence-electron chi connectivity index (χ2n) is 2.41. The van der Waals surface area contributed by atoms with Crippen molar-refractivity contribution in [1.82, 2.24) is 0 Å². The molecule has 1 aromatic rings. The number of allylic oxidation sites excluding steroid dienone is 1. The molecule has 0 saturated heterocycles. The minimum absolute atomic E-state index is 0.263. The molecule has 0 amide bonds. The van der Waals surface area contributed by atoms with E-state index in [0.29, 0.717) is 0 Å². The number of hydrogen-bond acceptors (Lipinski definition) is 1. The Bertz CT molecular complexity index is 280. The highest BCUT2D eigenvalue weighted by molar-refractivity contribution is 7.38. The largest absolute Gasteiger partial charge is 0.346 e. The fourth-order valence-corrected chi connectivity index (χ4v) is 1.18. The van der Waals surface area contributed by atoms with Gasteiger partial charge in [0.1, 0.15) is 0 Å². The van der Waals surface area contributed by atoms with Gasteiger partial charge < -0.3 is 4.89 Å². The van der Waals surface area contributed by atoms with Crippen LogP contribution in [0.5, 0.6) is 0 Å². The van der Waals surface area contributed by atoms with Gasteiger partial charge >= 0.3 is 0 Å². The summed E-state index contributed by atoms with van der Waals surface area (Å²) >= 11 is 0. The van der Waals surface area contributed by atoms with Crippen molar-refractivity contribution in [2.24, 2.45) is 0 Å². The first-order chi connectivity index (χ1) is 5.79. The SMILES string of the molecule is O=[PH](O)C/C=C/c1ccccc1. The van der Waals surface area contributed by atoms with Crippen molar-refractivity contribution < 1.29 is 9.46 Å². The molecular formula is C9H11O2P. The zero-order valence-electron chi connectivity index (χ0n) is 6.60. The topological polar surface area (TPSA) is 37.3 Å². The van der Waals surface area contributed by atoms with Crippen LogP contribution in [0.2, 0.25) is 0 Å². The summed E-state index contributed by atoms with van der Waals surface area (Å²) < 4.78 is 10.3. The van der Waals surface area contributed by atoms with Crippen LogP contribution in [0.3, 0.4) is 0 Å². The third-order valence-corrected chi connectivity index (χ3v) is 1.99. The van der Waals surface area contributed by atoms with E-state index in [1.54, 1.807) is 6.08 Å². The van der Waals surface area contributed by atoms with Crippen molar-refractivity contribution in [3.63, 3.8) is 0 Å². The van der Waals surface area contributed by atoms with Gasteiger partial charge in [0.05, 0.1) is 0 Å². The first-order valence-electron chi connectivity index (χ1n) is 3.72. The van der Waals surface area contributed by atoms with Crippen LogP contribution in [0.25, 0.3) is 6.08 Å². The maximum atomic E-state index is 10.3. The summed E-state index contributed by atoms with van der Waals surface area (Å²) in [4.78, 5) is 8.53. The molecular weight excluding hydrogens is 171 g/mol. The summed E-state index contributed by atoms with van der Waals surface area (Å²) in [5.41, 5.74) is 1.06. The van der Waals surface area contributed by atoms with Crippen molar-refractivity contribution >= 4 is 14.1 Å². The summed E-state index contributed by atoms with van der Waals surface area (Å²) in [6, 6.07) is 9.70. The Morgan fingerprint density at radius 2 is 2.00 bits per heavy atom. The van der Waals surface area contributed by atoms with Crippen LogP contribution in [0.4, 0.5) is 0 Å². The highest BCUT2D eigenvalue weighted by Gasteiger charge is 1.86. The highest BCUT2D eigenvalue weighted by atomic mass is 31.1. The smallest absolute Gasteiger partial charge is 0.192 e. The van der Waals surface area contributed by atoms with E-state index in [1.165, 1.54) is 0 Å². The van der Waals surface area contributed by atoms with Gasteiger partial charge in [-0.3, -0.25) is 4.57 Å². The van der Waals surface area contributed by atoms with Crippen molar-refractivity contribution in [3.05, 3.63) is 42.0 Å². The van der Waals surface area contributed by atoms with Crippen LogP contribution in [-0.4, -0.2) is 11.1 Å². The van der Waals surface area contributed by atoms with Gasteiger partial charge in [-0.05, 0) is 5.56 Å². The Morgan fingerprint density at radius 1 is 1.33 bits per heavy atom. The second-order valence-corrected chi connectivity index (χ2v) is 3.61. The van der Waals surface area contributed by atoms with Gasteiger partial charge in [-0.25, -0.2) is 0 Å². The molecule has 1 unspecified atom stereocenters. The molecule has 0 saturated carbocycles. The standard InChI is InChI=1S/C9H11O2P/c10-12(11)8-4-7-9-5-2-1-3-6-9/h1-7,12H,8H2,(H,10,11)/b7-4+. The Morgan fingerprint density at radius 3 is 2.58 bits per heavy atom. The summed E-state index contributed by atoms with van der Waals surface area (Å²) in [6.45, 7) is 0. The summed E-state index contributed by atoms with van der Waals surface area (Å²) in [5.74, 6) is 0. The van der Waals surface area contributed by atoms with E-state index in [0.717, 1.165) is 5.56 Å². The Hall–Kier alpha value is -0.850. The quantitative estimate of drug-likeness (QED) is 0.727. The molecule has 1 atom stereocenters. The molecule has 3 heteroatoms. The number of benzene rings is 1. The van der Waals surface area contributed by atoms with E-state index < -0.39 is 8.03 Å². The van der Waals surface area contributed by atoms with E-state index in [4.69, 9.17) is 4.89 Å². The first-order valence-corrected chi connectivity index (χ1v) is 5.28. The van der Waals surface area contributed by atoms with Crippen LogP contribution in [-0.2, 0) is 4.57 Å². The fourth-order valence-electron chi connectivity index (χ4n) is 0.860. The highest BCUT2D eigenvalue weighted by Crippen LogP contribution is 2.12. The minimum Gasteiger partial charge on any atom is -0.346 e. The molecule has 0 heterocycles. The van der Waals surface area contributed by atoms with E-state index in [1.807, 2.05) is 36.4 Å². The van der Waals surface area contributed by atoms with Crippen LogP contribution in [0.1, 0.15) is 5.56 Å². The molecule has 0 radical (unpaired) electrons. The molecule has 0 aliphatic heterocycles. The maximum absolute atomic E-state index is 10.3. The zero-order valence-corrected chi connectivity index (χ0v) is 7.60. The molecule has 0 bridgehead atoms. The van der Waals surface area contributed by atoms with Crippen molar-refractivity contribution in [2.75, 3.05) is 6.16 Å². The van der Waals surface area contributed by atoms with Crippen molar-refractivity contribution in [2.45, 2.75) is 0 Å².